The maximum absolute atomic E-state index is 3.68. The predicted molar refractivity (Wildman–Crippen MR) is 74.4 cm³/mol. The van der Waals surface area contributed by atoms with Gasteiger partial charge in [-0.3, -0.25) is 0 Å². The Morgan fingerprint density at radius 3 is 2.35 bits per heavy atom. The van der Waals surface area contributed by atoms with Crippen molar-refractivity contribution >= 4 is 0 Å². The predicted octanol–water partition coefficient (Wildman–Crippen LogP) is 3.66. The van der Waals surface area contributed by atoms with Crippen LogP contribution < -0.4 is 5.32 Å². The molecule has 2 rings (SSSR count). The zero-order valence-corrected chi connectivity index (χ0v) is 11.8. The van der Waals surface area contributed by atoms with Crippen molar-refractivity contribution in [2.24, 2.45) is 5.92 Å². The van der Waals surface area contributed by atoms with Crippen molar-refractivity contribution in [1.29, 1.82) is 0 Å². The number of rotatable bonds is 3. The molecule has 17 heavy (non-hydrogen) atoms. The molecule has 1 N–H and O–H groups in total. The van der Waals surface area contributed by atoms with Gasteiger partial charge >= 0.3 is 0 Å². The van der Waals surface area contributed by atoms with Gasteiger partial charge in [0.25, 0.3) is 0 Å². The first-order valence-electron chi connectivity index (χ1n) is 6.66. The van der Waals surface area contributed by atoms with Crippen LogP contribution in [0.3, 0.4) is 0 Å². The lowest BCUT2D eigenvalue weighted by atomic mass is 9.89. The highest BCUT2D eigenvalue weighted by atomic mass is 15.0. The smallest absolute Gasteiger partial charge is 0.0109 e. The second-order valence-corrected chi connectivity index (χ2v) is 6.68. The van der Waals surface area contributed by atoms with Crippen LogP contribution in [0.2, 0.25) is 0 Å². The van der Waals surface area contributed by atoms with E-state index >= 15 is 0 Å². The molecule has 1 aliphatic carbocycles. The molecule has 0 spiro atoms. The van der Waals surface area contributed by atoms with Crippen molar-refractivity contribution in [2.75, 3.05) is 6.54 Å². The van der Waals surface area contributed by atoms with Crippen molar-refractivity contribution in [3.63, 3.8) is 0 Å². The molecule has 1 nitrogen and oxygen atoms in total. The summed E-state index contributed by atoms with van der Waals surface area (Å²) in [5, 5.41) is 3.68. The molecule has 2 unspecified atom stereocenters. The second kappa shape index (κ2) is 4.13. The number of nitrogens with one attached hydrogen (secondary N) is 1. The molecule has 0 amide bonds. The molecule has 0 bridgehead atoms. The molecule has 0 heterocycles. The molecule has 1 fully saturated rings. The first-order chi connectivity index (χ1) is 7.85. The Morgan fingerprint density at radius 2 is 1.88 bits per heavy atom. The van der Waals surface area contributed by atoms with Crippen LogP contribution in [0.1, 0.15) is 45.2 Å². The van der Waals surface area contributed by atoms with E-state index in [9.17, 15) is 0 Å². The summed E-state index contributed by atoms with van der Waals surface area (Å²) in [6, 6.07) is 8.85. The summed E-state index contributed by atoms with van der Waals surface area (Å²) in [5.74, 6) is 0.804. The maximum Gasteiger partial charge on any atom is 0.0109 e. The van der Waals surface area contributed by atoms with Crippen LogP contribution in [-0.2, 0) is 5.41 Å². The Balaban J connectivity index is 2.19. The summed E-state index contributed by atoms with van der Waals surface area (Å²) in [6.45, 7) is 12.4. The largest absolute Gasteiger partial charge is 0.311 e. The molecule has 1 aromatic rings. The minimum Gasteiger partial charge on any atom is -0.311 e. The maximum atomic E-state index is 3.68. The molecule has 0 saturated heterocycles. The minimum atomic E-state index is 0.206. The first-order valence-corrected chi connectivity index (χ1v) is 6.66. The summed E-state index contributed by atoms with van der Waals surface area (Å²) in [6.07, 6.45) is 1.32. The average molecular weight is 231 g/mol. The lowest BCUT2D eigenvalue weighted by Gasteiger charge is -2.27. The zero-order valence-electron chi connectivity index (χ0n) is 11.8. The molecule has 0 radical (unpaired) electrons. The van der Waals surface area contributed by atoms with E-state index in [1.165, 1.54) is 12.0 Å². The van der Waals surface area contributed by atoms with Crippen LogP contribution in [0.25, 0.3) is 0 Å². The van der Waals surface area contributed by atoms with Crippen molar-refractivity contribution in [3.8, 4) is 0 Å². The molecule has 0 aliphatic heterocycles. The molecule has 0 aromatic heterocycles. The van der Waals surface area contributed by atoms with Gasteiger partial charge in [0.15, 0.2) is 0 Å². The fourth-order valence-electron chi connectivity index (χ4n) is 2.76. The van der Waals surface area contributed by atoms with Crippen LogP contribution in [0.4, 0.5) is 0 Å². The second-order valence-electron chi connectivity index (χ2n) is 6.68. The van der Waals surface area contributed by atoms with Gasteiger partial charge in [-0.05, 0) is 51.2 Å². The van der Waals surface area contributed by atoms with Crippen molar-refractivity contribution < 1.29 is 0 Å². The molecular weight excluding hydrogens is 206 g/mol. The lowest BCUT2D eigenvalue weighted by molar-refractivity contribution is 0.391. The van der Waals surface area contributed by atoms with Crippen LogP contribution in [0.15, 0.2) is 24.3 Å². The Bertz CT molecular complexity index is 402. The van der Waals surface area contributed by atoms with Crippen LogP contribution >= 0.6 is 0 Å². The first kappa shape index (κ1) is 12.6. The summed E-state index contributed by atoms with van der Waals surface area (Å²) >= 11 is 0. The van der Waals surface area contributed by atoms with Gasteiger partial charge in [-0.15, -0.1) is 0 Å². The van der Waals surface area contributed by atoms with Gasteiger partial charge in [0, 0.05) is 17.5 Å². The third kappa shape index (κ3) is 2.55. The van der Waals surface area contributed by atoms with Crippen molar-refractivity contribution in [3.05, 3.63) is 35.4 Å². The summed E-state index contributed by atoms with van der Waals surface area (Å²) in [7, 11) is 0. The SMILES string of the molecule is Cc1ccccc1C1(CNC(C)(C)C)CC1C. The quantitative estimate of drug-likeness (QED) is 0.837. The van der Waals surface area contributed by atoms with Gasteiger partial charge in [0.05, 0.1) is 0 Å². The highest BCUT2D eigenvalue weighted by Crippen LogP contribution is 2.54. The van der Waals surface area contributed by atoms with Gasteiger partial charge in [-0.1, -0.05) is 31.2 Å². The fourth-order valence-corrected chi connectivity index (χ4v) is 2.76. The summed E-state index contributed by atoms with van der Waals surface area (Å²) < 4.78 is 0. The highest BCUT2D eigenvalue weighted by molar-refractivity contribution is 5.39. The van der Waals surface area contributed by atoms with E-state index in [-0.39, 0.29) is 5.54 Å². The van der Waals surface area contributed by atoms with E-state index in [4.69, 9.17) is 0 Å². The number of hydrogen-bond acceptors (Lipinski definition) is 1. The number of benzene rings is 1. The van der Waals surface area contributed by atoms with Gasteiger partial charge < -0.3 is 5.32 Å². The van der Waals surface area contributed by atoms with E-state index in [1.807, 2.05) is 0 Å². The standard InChI is InChI=1S/C16H25N/c1-12-8-6-7-9-14(12)16(10-13(16)2)11-17-15(3,4)5/h6-9,13,17H,10-11H2,1-5H3. The van der Waals surface area contributed by atoms with E-state index in [0.717, 1.165) is 12.5 Å². The molecule has 2 atom stereocenters. The van der Waals surface area contributed by atoms with Gasteiger partial charge in [-0.2, -0.15) is 0 Å². The Kier molecular flexibility index (Phi) is 3.07. The third-order valence-corrected chi connectivity index (χ3v) is 4.07. The van der Waals surface area contributed by atoms with Gasteiger partial charge in [-0.25, -0.2) is 0 Å². The molecule has 1 aliphatic rings. The number of aryl methyl sites for hydroxylation is 1. The summed E-state index contributed by atoms with van der Waals surface area (Å²) in [4.78, 5) is 0. The minimum absolute atomic E-state index is 0.206. The Hall–Kier alpha value is -0.820. The van der Waals surface area contributed by atoms with Crippen LogP contribution in [-0.4, -0.2) is 12.1 Å². The molecule has 1 heteroatoms. The average Bonchev–Trinajstić information content (AvgIpc) is 2.87. The third-order valence-electron chi connectivity index (χ3n) is 4.07. The molecular formula is C16H25N. The monoisotopic (exact) mass is 231 g/mol. The Morgan fingerprint density at radius 1 is 1.29 bits per heavy atom. The topological polar surface area (TPSA) is 12.0 Å². The zero-order chi connectivity index (χ0) is 12.7. The highest BCUT2D eigenvalue weighted by Gasteiger charge is 2.52. The summed E-state index contributed by atoms with van der Waals surface area (Å²) in [5.41, 5.74) is 3.58. The van der Waals surface area contributed by atoms with Gasteiger partial charge in [0.1, 0.15) is 0 Å². The fraction of sp³-hybridized carbons (Fsp3) is 0.625. The van der Waals surface area contributed by atoms with Crippen LogP contribution in [0, 0.1) is 12.8 Å². The van der Waals surface area contributed by atoms with E-state index in [2.05, 4.69) is 64.2 Å². The number of hydrogen-bond donors (Lipinski definition) is 1. The lowest BCUT2D eigenvalue weighted by Crippen LogP contribution is -2.41. The van der Waals surface area contributed by atoms with Crippen molar-refractivity contribution in [1.82, 2.24) is 5.32 Å². The van der Waals surface area contributed by atoms with E-state index < -0.39 is 0 Å². The van der Waals surface area contributed by atoms with E-state index in [1.54, 1.807) is 5.56 Å². The van der Waals surface area contributed by atoms with Crippen LogP contribution in [0.5, 0.6) is 0 Å². The Labute approximate surface area is 106 Å². The molecule has 94 valence electrons. The molecule has 1 saturated carbocycles. The normalized spacial score (nSPS) is 28.2. The van der Waals surface area contributed by atoms with E-state index in [0.29, 0.717) is 5.41 Å². The van der Waals surface area contributed by atoms with Gasteiger partial charge in [0.2, 0.25) is 0 Å². The van der Waals surface area contributed by atoms with Crippen molar-refractivity contribution in [2.45, 2.75) is 52.0 Å². The molecule has 1 aromatic carbocycles.